The lowest BCUT2D eigenvalue weighted by molar-refractivity contribution is -0.137. The molecule has 2 aliphatic rings. The summed E-state index contributed by atoms with van der Waals surface area (Å²) in [6.45, 7) is 6.76. The number of hydrogen-bond acceptors (Lipinski definition) is 5. The number of aromatic nitrogens is 1. The molecule has 6 heteroatoms. The Kier molecular flexibility index (Phi) is 5.83. The van der Waals surface area contributed by atoms with E-state index in [4.69, 9.17) is 19.2 Å². The summed E-state index contributed by atoms with van der Waals surface area (Å²) in [5, 5.41) is 9.10. The third kappa shape index (κ3) is 4.34. The van der Waals surface area contributed by atoms with E-state index in [-0.39, 0.29) is 12.3 Å². The van der Waals surface area contributed by atoms with E-state index in [0.29, 0.717) is 18.9 Å². The third-order valence-corrected chi connectivity index (χ3v) is 6.94. The minimum absolute atomic E-state index is 0.118. The van der Waals surface area contributed by atoms with Crippen LogP contribution in [-0.4, -0.2) is 35.8 Å². The third-order valence-electron chi connectivity index (χ3n) is 6.94. The molecule has 3 aromatic rings. The fourth-order valence-electron chi connectivity index (χ4n) is 5.18. The van der Waals surface area contributed by atoms with E-state index in [9.17, 15) is 4.79 Å². The van der Waals surface area contributed by atoms with Gasteiger partial charge in [-0.15, -0.1) is 0 Å². The van der Waals surface area contributed by atoms with E-state index >= 15 is 0 Å². The minimum Gasteiger partial charge on any atom is -0.493 e. The van der Waals surface area contributed by atoms with Crippen molar-refractivity contribution in [3.63, 3.8) is 0 Å². The first-order valence-corrected chi connectivity index (χ1v) is 11.8. The number of carboxylic acids is 1. The summed E-state index contributed by atoms with van der Waals surface area (Å²) in [5.74, 6) is 1.70. The van der Waals surface area contributed by atoms with Crippen LogP contribution in [0.2, 0.25) is 0 Å². The molecule has 1 aromatic heterocycles. The van der Waals surface area contributed by atoms with Crippen LogP contribution in [0.25, 0.3) is 11.5 Å². The molecule has 0 spiro atoms. The maximum Gasteiger partial charge on any atom is 0.303 e. The second-order valence-corrected chi connectivity index (χ2v) is 8.99. The molecule has 0 bridgehead atoms. The van der Waals surface area contributed by atoms with Gasteiger partial charge in [-0.25, -0.2) is 4.98 Å². The van der Waals surface area contributed by atoms with Crippen molar-refractivity contribution in [2.24, 2.45) is 0 Å². The average molecular weight is 447 g/mol. The number of rotatable bonds is 8. The lowest BCUT2D eigenvalue weighted by Gasteiger charge is -2.16. The Morgan fingerprint density at radius 3 is 2.91 bits per heavy atom. The highest BCUT2D eigenvalue weighted by atomic mass is 16.5. The maximum atomic E-state index is 11.1. The maximum absolute atomic E-state index is 11.1. The van der Waals surface area contributed by atoms with E-state index in [2.05, 4.69) is 36.1 Å². The molecule has 0 fully saturated rings. The predicted octanol–water partition coefficient (Wildman–Crippen LogP) is 5.16. The molecule has 6 nitrogen and oxygen atoms in total. The summed E-state index contributed by atoms with van der Waals surface area (Å²) in [5.41, 5.74) is 6.98. The lowest BCUT2D eigenvalue weighted by Crippen LogP contribution is -2.18. The molecule has 0 radical (unpaired) electrons. The summed E-state index contributed by atoms with van der Waals surface area (Å²) in [6, 6.07) is 12.5. The summed E-state index contributed by atoms with van der Waals surface area (Å²) >= 11 is 0. The Hall–Kier alpha value is -3.28. The van der Waals surface area contributed by atoms with Gasteiger partial charge >= 0.3 is 5.97 Å². The van der Waals surface area contributed by atoms with Gasteiger partial charge in [0.05, 0.1) is 18.7 Å². The number of nitrogens with zero attached hydrogens (tertiary/aromatic N) is 2. The molecule has 1 aliphatic carbocycles. The SMILES string of the molecule is CCN1CCc2cc(-c3nc(CCOc4ccc5c(c4)CC[C@H]5CC(=O)O)c(C)o3)ccc21. The van der Waals surface area contributed by atoms with Crippen molar-refractivity contribution in [1.82, 2.24) is 4.98 Å². The van der Waals surface area contributed by atoms with Crippen LogP contribution in [0, 0.1) is 6.92 Å². The monoisotopic (exact) mass is 446 g/mol. The Labute approximate surface area is 194 Å². The normalized spacial score (nSPS) is 16.7. The predicted molar refractivity (Wildman–Crippen MR) is 127 cm³/mol. The number of aliphatic carboxylic acids is 1. The Morgan fingerprint density at radius 1 is 1.21 bits per heavy atom. The van der Waals surface area contributed by atoms with Crippen LogP contribution in [0.1, 0.15) is 53.8 Å². The number of fused-ring (bicyclic) bond motifs is 2. The molecule has 2 heterocycles. The van der Waals surface area contributed by atoms with Crippen molar-refractivity contribution < 1.29 is 19.1 Å². The second-order valence-electron chi connectivity index (χ2n) is 8.99. The number of carbonyl (C=O) groups is 1. The summed E-state index contributed by atoms with van der Waals surface area (Å²) < 4.78 is 12.0. The van der Waals surface area contributed by atoms with Gasteiger partial charge in [0, 0.05) is 30.8 Å². The number of benzene rings is 2. The fourth-order valence-corrected chi connectivity index (χ4v) is 5.18. The highest BCUT2D eigenvalue weighted by molar-refractivity contribution is 5.68. The standard InChI is InChI=1S/C27H30N2O4/c1-3-29-12-10-20-14-21(6-9-25(20)29)27-28-24(17(2)33-27)11-13-32-22-7-8-23-18(15-22)4-5-19(23)16-26(30)31/h6-9,14-15,19H,3-5,10-13,16H2,1-2H3,(H,30,31)/t19-/m0/s1. The molecule has 2 aromatic carbocycles. The zero-order chi connectivity index (χ0) is 22.9. The van der Waals surface area contributed by atoms with Crippen LogP contribution in [0.5, 0.6) is 5.75 Å². The van der Waals surface area contributed by atoms with Crippen LogP contribution in [-0.2, 0) is 24.1 Å². The molecular weight excluding hydrogens is 416 g/mol. The lowest BCUT2D eigenvalue weighted by atomic mass is 9.98. The van der Waals surface area contributed by atoms with Crippen molar-refractivity contribution in [2.75, 3.05) is 24.6 Å². The Bertz CT molecular complexity index is 1180. The van der Waals surface area contributed by atoms with E-state index < -0.39 is 5.97 Å². The second kappa shape index (κ2) is 8.93. The average Bonchev–Trinajstić information content (AvgIpc) is 3.50. The number of carboxylic acid groups (broad SMARTS) is 1. The minimum atomic E-state index is -0.738. The van der Waals surface area contributed by atoms with Gasteiger partial charge in [-0.3, -0.25) is 4.79 Å². The first kappa shape index (κ1) is 21.6. The summed E-state index contributed by atoms with van der Waals surface area (Å²) in [6.07, 6.45) is 3.73. The van der Waals surface area contributed by atoms with E-state index in [1.807, 2.05) is 19.1 Å². The summed E-state index contributed by atoms with van der Waals surface area (Å²) in [4.78, 5) is 18.2. The van der Waals surface area contributed by atoms with E-state index in [1.165, 1.54) is 16.8 Å². The van der Waals surface area contributed by atoms with Crippen LogP contribution < -0.4 is 9.64 Å². The van der Waals surface area contributed by atoms with Gasteiger partial charge in [-0.2, -0.15) is 0 Å². The Morgan fingerprint density at radius 2 is 2.09 bits per heavy atom. The fraction of sp³-hybridized carbons (Fsp3) is 0.407. The molecule has 172 valence electrons. The number of likely N-dealkylation sites (N-methyl/N-ethyl adjacent to an activating group) is 1. The van der Waals surface area contributed by atoms with Crippen LogP contribution in [0.3, 0.4) is 0 Å². The molecular formula is C27H30N2O4. The van der Waals surface area contributed by atoms with Gasteiger partial charge in [0.15, 0.2) is 0 Å². The smallest absolute Gasteiger partial charge is 0.303 e. The molecule has 1 N–H and O–H groups in total. The number of anilines is 1. The molecule has 0 amide bonds. The topological polar surface area (TPSA) is 75.8 Å². The highest BCUT2D eigenvalue weighted by Crippen LogP contribution is 2.37. The van der Waals surface area contributed by atoms with Gasteiger partial charge in [-0.05, 0) is 86.1 Å². The molecule has 1 aliphatic heterocycles. The van der Waals surface area contributed by atoms with E-state index in [1.54, 1.807) is 0 Å². The van der Waals surface area contributed by atoms with Crippen LogP contribution >= 0.6 is 0 Å². The van der Waals surface area contributed by atoms with Crippen molar-refractivity contribution in [3.05, 3.63) is 64.5 Å². The van der Waals surface area contributed by atoms with Crippen LogP contribution in [0.15, 0.2) is 40.8 Å². The molecule has 33 heavy (non-hydrogen) atoms. The number of aryl methyl sites for hydroxylation is 2. The van der Waals surface area contributed by atoms with Gasteiger partial charge in [0.25, 0.3) is 0 Å². The largest absolute Gasteiger partial charge is 0.493 e. The van der Waals surface area contributed by atoms with Crippen molar-refractivity contribution in [2.45, 2.75) is 51.9 Å². The highest BCUT2D eigenvalue weighted by Gasteiger charge is 2.25. The molecule has 5 rings (SSSR count). The number of oxazole rings is 1. The van der Waals surface area contributed by atoms with Gasteiger partial charge < -0.3 is 19.2 Å². The van der Waals surface area contributed by atoms with Crippen molar-refractivity contribution >= 4 is 11.7 Å². The Balaban J connectivity index is 1.22. The zero-order valence-corrected chi connectivity index (χ0v) is 19.3. The van der Waals surface area contributed by atoms with Crippen LogP contribution in [0.4, 0.5) is 5.69 Å². The number of ether oxygens (including phenoxy) is 1. The quantitative estimate of drug-likeness (QED) is 0.515. The van der Waals surface area contributed by atoms with E-state index in [0.717, 1.165) is 60.7 Å². The molecule has 1 atom stereocenters. The van der Waals surface area contributed by atoms with Gasteiger partial charge in [-0.1, -0.05) is 6.07 Å². The zero-order valence-electron chi connectivity index (χ0n) is 19.3. The number of hydrogen-bond donors (Lipinski definition) is 1. The van der Waals surface area contributed by atoms with Gasteiger partial charge in [0.1, 0.15) is 11.5 Å². The molecule has 0 saturated heterocycles. The van der Waals surface area contributed by atoms with Crippen molar-refractivity contribution in [1.29, 1.82) is 0 Å². The first-order valence-electron chi connectivity index (χ1n) is 11.8. The molecule has 0 unspecified atom stereocenters. The first-order chi connectivity index (χ1) is 16.0. The molecule has 0 saturated carbocycles. The van der Waals surface area contributed by atoms with Gasteiger partial charge in [0.2, 0.25) is 5.89 Å². The summed E-state index contributed by atoms with van der Waals surface area (Å²) in [7, 11) is 0. The van der Waals surface area contributed by atoms with Crippen molar-refractivity contribution in [3.8, 4) is 17.2 Å².